The molecule has 0 atom stereocenters. The van der Waals surface area contributed by atoms with E-state index in [1.54, 1.807) is 24.3 Å². The lowest BCUT2D eigenvalue weighted by atomic mass is 9.89. The third kappa shape index (κ3) is 4.23. The Hall–Kier alpha value is -4.18. The molecule has 7 nitrogen and oxygen atoms in total. The summed E-state index contributed by atoms with van der Waals surface area (Å²) < 4.78 is 2.15. The van der Waals surface area contributed by atoms with E-state index in [2.05, 4.69) is 56.2 Å². The normalized spacial score (nSPS) is 14.2. The number of nitrogens with one attached hydrogen (secondary N) is 1. The fraction of sp³-hybridized carbons (Fsp3) is 0.259. The van der Waals surface area contributed by atoms with Gasteiger partial charge in [-0.2, -0.15) is 5.26 Å². The molecule has 0 spiro atoms. The van der Waals surface area contributed by atoms with Crippen molar-refractivity contribution < 1.29 is 4.79 Å². The van der Waals surface area contributed by atoms with E-state index in [4.69, 9.17) is 5.26 Å². The number of carbonyl (C=O) groups is 1. The molecule has 1 aliphatic rings. The van der Waals surface area contributed by atoms with Crippen LogP contribution in [0.1, 0.15) is 45.8 Å². The Morgan fingerprint density at radius 2 is 1.88 bits per heavy atom. The fourth-order valence-corrected chi connectivity index (χ4v) is 4.70. The lowest BCUT2D eigenvalue weighted by molar-refractivity contribution is 0.102. The summed E-state index contributed by atoms with van der Waals surface area (Å²) in [6.07, 6.45) is 7.99. The molecular formula is C27H26N6O. The van der Waals surface area contributed by atoms with Gasteiger partial charge in [-0.25, -0.2) is 9.97 Å². The maximum atomic E-state index is 12.8. The largest absolute Gasteiger partial charge is 0.350 e. The highest BCUT2D eigenvalue weighted by molar-refractivity contribution is 6.05. The van der Waals surface area contributed by atoms with E-state index in [0.29, 0.717) is 17.0 Å². The Kier molecular flexibility index (Phi) is 5.72. The number of fused-ring (bicyclic) bond motifs is 1. The van der Waals surface area contributed by atoms with Gasteiger partial charge in [0.15, 0.2) is 0 Å². The molecule has 5 rings (SSSR count). The van der Waals surface area contributed by atoms with Crippen molar-refractivity contribution in [2.75, 3.05) is 23.3 Å². The van der Waals surface area contributed by atoms with Crippen LogP contribution in [0.15, 0.2) is 61.1 Å². The van der Waals surface area contributed by atoms with Crippen molar-refractivity contribution in [3.05, 3.63) is 83.3 Å². The summed E-state index contributed by atoms with van der Waals surface area (Å²) >= 11 is 0. The second-order valence-corrected chi connectivity index (χ2v) is 8.90. The van der Waals surface area contributed by atoms with Crippen LogP contribution < -0.4 is 10.2 Å². The molecule has 0 unspecified atom stereocenters. The summed E-state index contributed by atoms with van der Waals surface area (Å²) in [5, 5.41) is 13.3. The first-order chi connectivity index (χ1) is 16.5. The number of aryl methyl sites for hydroxylation is 2. The van der Waals surface area contributed by atoms with Gasteiger partial charge in [0.05, 0.1) is 11.6 Å². The van der Waals surface area contributed by atoms with Gasteiger partial charge in [0.2, 0.25) is 5.95 Å². The van der Waals surface area contributed by atoms with Gasteiger partial charge in [-0.05, 0) is 73.2 Å². The number of carbonyl (C=O) groups excluding carboxylic acids is 1. The summed E-state index contributed by atoms with van der Waals surface area (Å²) in [6, 6.07) is 14.9. The van der Waals surface area contributed by atoms with Crippen molar-refractivity contribution in [3.63, 3.8) is 0 Å². The van der Waals surface area contributed by atoms with Crippen molar-refractivity contribution in [2.24, 2.45) is 7.05 Å². The first-order valence-corrected chi connectivity index (χ1v) is 11.5. The van der Waals surface area contributed by atoms with Gasteiger partial charge in [0.25, 0.3) is 5.91 Å². The van der Waals surface area contributed by atoms with Gasteiger partial charge >= 0.3 is 0 Å². The highest BCUT2D eigenvalue weighted by Gasteiger charge is 2.25. The SMILES string of the molecule is Cc1cnc(N2CCC(c3cn(C)c4ccc(NC(=O)c5cccc(C#N)c5)cc34)CC2)nc1. The molecule has 1 saturated heterocycles. The summed E-state index contributed by atoms with van der Waals surface area (Å²) in [4.78, 5) is 24.0. The third-order valence-electron chi connectivity index (χ3n) is 6.52. The van der Waals surface area contributed by atoms with E-state index in [1.807, 2.05) is 25.4 Å². The van der Waals surface area contributed by atoms with Gasteiger partial charge in [-0.3, -0.25) is 4.79 Å². The molecule has 0 radical (unpaired) electrons. The molecule has 1 N–H and O–H groups in total. The molecule has 0 bridgehead atoms. The van der Waals surface area contributed by atoms with Crippen molar-refractivity contribution in [1.29, 1.82) is 5.26 Å². The van der Waals surface area contributed by atoms with Crippen LogP contribution in [0.3, 0.4) is 0 Å². The van der Waals surface area contributed by atoms with Crippen molar-refractivity contribution in [1.82, 2.24) is 14.5 Å². The first kappa shape index (κ1) is 21.7. The van der Waals surface area contributed by atoms with Crippen LogP contribution in [-0.4, -0.2) is 33.5 Å². The first-order valence-electron chi connectivity index (χ1n) is 11.5. The van der Waals surface area contributed by atoms with Crippen molar-refractivity contribution >= 4 is 28.4 Å². The maximum absolute atomic E-state index is 12.8. The highest BCUT2D eigenvalue weighted by atomic mass is 16.1. The number of rotatable bonds is 4. The number of benzene rings is 2. The third-order valence-corrected chi connectivity index (χ3v) is 6.52. The predicted octanol–water partition coefficient (Wildman–Crippen LogP) is 4.78. The molecule has 0 aliphatic carbocycles. The van der Waals surface area contributed by atoms with E-state index in [0.717, 1.165) is 54.0 Å². The van der Waals surface area contributed by atoms with E-state index < -0.39 is 0 Å². The lowest BCUT2D eigenvalue weighted by Gasteiger charge is -2.32. The number of aromatic nitrogens is 3. The Labute approximate surface area is 198 Å². The molecule has 34 heavy (non-hydrogen) atoms. The van der Waals surface area contributed by atoms with Gasteiger partial charge in [0.1, 0.15) is 0 Å². The van der Waals surface area contributed by atoms with Crippen LogP contribution in [0.2, 0.25) is 0 Å². The molecule has 2 aromatic heterocycles. The number of amides is 1. The molecule has 4 aromatic rings. The lowest BCUT2D eigenvalue weighted by Crippen LogP contribution is -2.34. The number of nitrogens with zero attached hydrogens (tertiary/aromatic N) is 5. The summed E-state index contributed by atoms with van der Waals surface area (Å²) in [7, 11) is 2.06. The van der Waals surface area contributed by atoms with Crippen LogP contribution in [0.5, 0.6) is 0 Å². The number of anilines is 2. The standard InChI is InChI=1S/C27H26N6O/c1-18-15-29-27(30-16-18)33-10-8-20(9-11-33)24-17-32(2)25-7-6-22(13-23(24)25)31-26(34)21-5-3-4-19(12-21)14-28/h3-7,12-13,15-17,20H,8-11H2,1-2H3,(H,31,34). The van der Waals surface area contributed by atoms with E-state index in [9.17, 15) is 4.79 Å². The Morgan fingerprint density at radius 3 is 2.62 bits per heavy atom. The minimum atomic E-state index is -0.222. The molecule has 1 fully saturated rings. The van der Waals surface area contributed by atoms with Crippen LogP contribution in [0, 0.1) is 18.3 Å². The summed E-state index contributed by atoms with van der Waals surface area (Å²) in [6.45, 7) is 3.82. The zero-order chi connectivity index (χ0) is 23.7. The second-order valence-electron chi connectivity index (χ2n) is 8.90. The van der Waals surface area contributed by atoms with Crippen LogP contribution in [-0.2, 0) is 7.05 Å². The molecule has 3 heterocycles. The van der Waals surface area contributed by atoms with Crippen molar-refractivity contribution in [3.8, 4) is 6.07 Å². The van der Waals surface area contributed by atoms with Gasteiger partial charge in [-0.15, -0.1) is 0 Å². The zero-order valence-electron chi connectivity index (χ0n) is 19.3. The Bertz CT molecular complexity index is 1390. The second kappa shape index (κ2) is 8.99. The molecule has 2 aromatic carbocycles. The fourth-order valence-electron chi connectivity index (χ4n) is 4.70. The van der Waals surface area contributed by atoms with Gasteiger partial charge in [-0.1, -0.05) is 6.07 Å². The minimum Gasteiger partial charge on any atom is -0.350 e. The molecular weight excluding hydrogens is 424 g/mol. The number of nitriles is 1. The summed E-state index contributed by atoms with van der Waals surface area (Å²) in [5.41, 5.74) is 5.20. The molecule has 1 aliphatic heterocycles. The van der Waals surface area contributed by atoms with E-state index >= 15 is 0 Å². The monoisotopic (exact) mass is 450 g/mol. The quantitative estimate of drug-likeness (QED) is 0.483. The van der Waals surface area contributed by atoms with Gasteiger partial charge in [0, 0.05) is 60.9 Å². The van der Waals surface area contributed by atoms with Gasteiger partial charge < -0.3 is 14.8 Å². The average molecular weight is 451 g/mol. The number of hydrogen-bond acceptors (Lipinski definition) is 5. The molecule has 0 saturated carbocycles. The van der Waals surface area contributed by atoms with Crippen LogP contribution >= 0.6 is 0 Å². The molecule has 7 heteroatoms. The van der Waals surface area contributed by atoms with Crippen LogP contribution in [0.25, 0.3) is 10.9 Å². The Balaban J connectivity index is 1.35. The summed E-state index contributed by atoms with van der Waals surface area (Å²) in [5.74, 6) is 1.01. The molecule has 1 amide bonds. The topological polar surface area (TPSA) is 86.8 Å². The predicted molar refractivity (Wildman–Crippen MR) is 133 cm³/mol. The average Bonchev–Trinajstić information content (AvgIpc) is 3.20. The number of piperidine rings is 1. The zero-order valence-corrected chi connectivity index (χ0v) is 19.3. The highest BCUT2D eigenvalue weighted by Crippen LogP contribution is 2.36. The maximum Gasteiger partial charge on any atom is 0.255 e. The minimum absolute atomic E-state index is 0.222. The Morgan fingerprint density at radius 1 is 1.12 bits per heavy atom. The van der Waals surface area contributed by atoms with E-state index in [1.165, 1.54) is 5.56 Å². The smallest absolute Gasteiger partial charge is 0.255 e. The number of hydrogen-bond donors (Lipinski definition) is 1. The van der Waals surface area contributed by atoms with E-state index in [-0.39, 0.29) is 5.91 Å². The van der Waals surface area contributed by atoms with Crippen molar-refractivity contribution in [2.45, 2.75) is 25.7 Å². The molecule has 170 valence electrons. The van der Waals surface area contributed by atoms with Crippen LogP contribution in [0.4, 0.5) is 11.6 Å².